The summed E-state index contributed by atoms with van der Waals surface area (Å²) in [5, 5.41) is 0. The Hall–Kier alpha value is -1.88. The lowest BCUT2D eigenvalue weighted by Crippen LogP contribution is -2.39. The molecule has 1 saturated carbocycles. The van der Waals surface area contributed by atoms with Crippen molar-refractivity contribution in [2.24, 2.45) is 5.92 Å². The average Bonchev–Trinajstić information content (AvgIpc) is 3.27. The van der Waals surface area contributed by atoms with E-state index in [2.05, 4.69) is 9.88 Å². The fraction of sp³-hybridized carbons (Fsp3) is 0.579. The Labute approximate surface area is 142 Å². The number of para-hydroxylation sites is 2. The van der Waals surface area contributed by atoms with Gasteiger partial charge in [0.25, 0.3) is 0 Å². The predicted molar refractivity (Wildman–Crippen MR) is 92.5 cm³/mol. The summed E-state index contributed by atoms with van der Waals surface area (Å²) in [5.41, 5.74) is 2.02. The third-order valence-electron chi connectivity index (χ3n) is 5.57. The highest BCUT2D eigenvalue weighted by Gasteiger charge is 2.37. The second-order valence-corrected chi connectivity index (χ2v) is 7.05. The van der Waals surface area contributed by atoms with Gasteiger partial charge in [-0.05, 0) is 44.2 Å². The standard InChI is InChI=1S/C19H25N3O2/c1-24-14-7-4-6-13(12-14)19(23)22-11-5-10-17(22)18-20-15-8-2-3-9-16(15)21-18/h2-3,8-9,13-14,17H,4-7,10-12H2,1H3,(H,20,21)/t13-,14+,17-/m0/s1. The Morgan fingerprint density at radius 3 is 2.96 bits per heavy atom. The number of nitrogens with zero attached hydrogens (tertiary/aromatic N) is 2. The van der Waals surface area contributed by atoms with Crippen LogP contribution in [0.5, 0.6) is 0 Å². The third-order valence-corrected chi connectivity index (χ3v) is 5.57. The monoisotopic (exact) mass is 327 g/mol. The minimum absolute atomic E-state index is 0.0906. The van der Waals surface area contributed by atoms with Crippen LogP contribution in [0.25, 0.3) is 11.0 Å². The Morgan fingerprint density at radius 2 is 2.12 bits per heavy atom. The van der Waals surface area contributed by atoms with Crippen LogP contribution in [0.15, 0.2) is 24.3 Å². The number of amides is 1. The summed E-state index contributed by atoms with van der Waals surface area (Å²) in [7, 11) is 1.75. The maximum Gasteiger partial charge on any atom is 0.226 e. The third kappa shape index (κ3) is 2.81. The number of benzene rings is 1. The van der Waals surface area contributed by atoms with E-state index in [0.29, 0.717) is 5.91 Å². The van der Waals surface area contributed by atoms with E-state index in [0.717, 1.165) is 61.9 Å². The Bertz CT molecular complexity index is 693. The van der Waals surface area contributed by atoms with Crippen LogP contribution >= 0.6 is 0 Å². The molecule has 2 fully saturated rings. The number of likely N-dealkylation sites (tertiary alicyclic amines) is 1. The van der Waals surface area contributed by atoms with Gasteiger partial charge in [0.1, 0.15) is 5.82 Å². The normalized spacial score (nSPS) is 27.7. The van der Waals surface area contributed by atoms with Crippen molar-refractivity contribution >= 4 is 16.9 Å². The van der Waals surface area contributed by atoms with Crippen molar-refractivity contribution in [1.29, 1.82) is 0 Å². The minimum atomic E-state index is 0.0906. The van der Waals surface area contributed by atoms with Crippen molar-refractivity contribution < 1.29 is 9.53 Å². The van der Waals surface area contributed by atoms with E-state index in [-0.39, 0.29) is 18.1 Å². The first kappa shape index (κ1) is 15.6. The molecular weight excluding hydrogens is 302 g/mol. The molecule has 0 spiro atoms. The van der Waals surface area contributed by atoms with Crippen LogP contribution in [0.4, 0.5) is 0 Å². The molecule has 0 radical (unpaired) electrons. The van der Waals surface area contributed by atoms with Crippen molar-refractivity contribution in [3.05, 3.63) is 30.1 Å². The zero-order valence-corrected chi connectivity index (χ0v) is 14.2. The Morgan fingerprint density at radius 1 is 1.25 bits per heavy atom. The SMILES string of the molecule is CO[C@@H]1CCC[C@H](C(=O)N2CCC[C@H]2c2nc3ccccc3[nH]2)C1. The second kappa shape index (κ2) is 6.55. The van der Waals surface area contributed by atoms with Gasteiger partial charge in [0.15, 0.2) is 0 Å². The first-order valence-electron chi connectivity index (χ1n) is 9.04. The van der Waals surface area contributed by atoms with Gasteiger partial charge in [-0.3, -0.25) is 4.79 Å². The molecule has 0 bridgehead atoms. The molecule has 128 valence electrons. The summed E-state index contributed by atoms with van der Waals surface area (Å²) in [6.45, 7) is 0.842. The molecule has 1 N–H and O–H groups in total. The lowest BCUT2D eigenvalue weighted by atomic mass is 9.86. The molecule has 2 heterocycles. The number of nitrogens with one attached hydrogen (secondary N) is 1. The molecule has 1 aromatic carbocycles. The molecule has 3 atom stereocenters. The second-order valence-electron chi connectivity index (χ2n) is 7.05. The van der Waals surface area contributed by atoms with Gasteiger partial charge >= 0.3 is 0 Å². The van der Waals surface area contributed by atoms with Crippen molar-refractivity contribution in [2.45, 2.75) is 50.7 Å². The molecule has 1 aromatic heterocycles. The Kier molecular flexibility index (Phi) is 4.27. The first-order chi connectivity index (χ1) is 11.8. The number of ether oxygens (including phenoxy) is 1. The van der Waals surface area contributed by atoms with Crippen LogP contribution in [-0.2, 0) is 9.53 Å². The van der Waals surface area contributed by atoms with E-state index < -0.39 is 0 Å². The van der Waals surface area contributed by atoms with Crippen LogP contribution in [-0.4, -0.2) is 40.5 Å². The van der Waals surface area contributed by atoms with Crippen LogP contribution in [0, 0.1) is 5.92 Å². The topological polar surface area (TPSA) is 58.2 Å². The molecule has 1 amide bonds. The van der Waals surface area contributed by atoms with Gasteiger partial charge in [-0.25, -0.2) is 4.98 Å². The predicted octanol–water partition coefficient (Wildman–Crippen LogP) is 3.43. The van der Waals surface area contributed by atoms with Gasteiger partial charge in [-0.1, -0.05) is 18.6 Å². The van der Waals surface area contributed by atoms with Gasteiger partial charge in [0.2, 0.25) is 5.91 Å². The van der Waals surface area contributed by atoms with E-state index in [9.17, 15) is 4.79 Å². The molecule has 0 unspecified atom stereocenters. The minimum Gasteiger partial charge on any atom is -0.381 e. The molecule has 2 aromatic rings. The quantitative estimate of drug-likeness (QED) is 0.939. The molecule has 1 aliphatic carbocycles. The van der Waals surface area contributed by atoms with Crippen LogP contribution in [0.1, 0.15) is 50.4 Å². The molecular formula is C19H25N3O2. The molecule has 5 heteroatoms. The van der Waals surface area contributed by atoms with E-state index in [4.69, 9.17) is 9.72 Å². The Balaban J connectivity index is 1.54. The molecule has 2 aliphatic rings. The summed E-state index contributed by atoms with van der Waals surface area (Å²) >= 11 is 0. The zero-order chi connectivity index (χ0) is 16.5. The fourth-order valence-corrected chi connectivity index (χ4v) is 4.26. The summed E-state index contributed by atoms with van der Waals surface area (Å²) in [6.07, 6.45) is 6.28. The number of rotatable bonds is 3. The largest absolute Gasteiger partial charge is 0.381 e. The number of carbonyl (C=O) groups is 1. The van der Waals surface area contributed by atoms with Crippen LogP contribution in [0.3, 0.4) is 0 Å². The number of hydrogen-bond donors (Lipinski definition) is 1. The van der Waals surface area contributed by atoms with Crippen LogP contribution < -0.4 is 0 Å². The van der Waals surface area contributed by atoms with E-state index in [1.165, 1.54) is 0 Å². The average molecular weight is 327 g/mol. The van der Waals surface area contributed by atoms with Crippen molar-refractivity contribution in [2.75, 3.05) is 13.7 Å². The molecule has 1 saturated heterocycles. The smallest absolute Gasteiger partial charge is 0.226 e. The maximum atomic E-state index is 13.1. The van der Waals surface area contributed by atoms with Crippen molar-refractivity contribution in [3.63, 3.8) is 0 Å². The summed E-state index contributed by atoms with van der Waals surface area (Å²) in [4.78, 5) is 23.3. The lowest BCUT2D eigenvalue weighted by molar-refractivity contribution is -0.139. The molecule has 1 aliphatic heterocycles. The summed E-state index contributed by atoms with van der Waals surface area (Å²) in [5.74, 6) is 1.33. The summed E-state index contributed by atoms with van der Waals surface area (Å²) in [6, 6.07) is 8.15. The number of methoxy groups -OCH3 is 1. The van der Waals surface area contributed by atoms with Gasteiger partial charge in [0, 0.05) is 19.6 Å². The highest BCUT2D eigenvalue weighted by atomic mass is 16.5. The van der Waals surface area contributed by atoms with Crippen LogP contribution in [0.2, 0.25) is 0 Å². The van der Waals surface area contributed by atoms with E-state index in [1.54, 1.807) is 7.11 Å². The highest BCUT2D eigenvalue weighted by molar-refractivity contribution is 5.80. The summed E-state index contributed by atoms with van der Waals surface area (Å²) < 4.78 is 5.50. The molecule has 4 rings (SSSR count). The lowest BCUT2D eigenvalue weighted by Gasteiger charge is -2.32. The molecule has 24 heavy (non-hydrogen) atoms. The van der Waals surface area contributed by atoms with Crippen molar-refractivity contribution in [3.8, 4) is 0 Å². The maximum absolute atomic E-state index is 13.1. The fourth-order valence-electron chi connectivity index (χ4n) is 4.26. The van der Waals surface area contributed by atoms with E-state index >= 15 is 0 Å². The number of H-pyrrole nitrogens is 1. The van der Waals surface area contributed by atoms with E-state index in [1.807, 2.05) is 24.3 Å². The number of fused-ring (bicyclic) bond motifs is 1. The number of imidazole rings is 1. The van der Waals surface area contributed by atoms with Gasteiger partial charge in [0.05, 0.1) is 23.2 Å². The first-order valence-corrected chi connectivity index (χ1v) is 9.04. The highest BCUT2D eigenvalue weighted by Crippen LogP contribution is 2.35. The van der Waals surface area contributed by atoms with Gasteiger partial charge in [-0.15, -0.1) is 0 Å². The van der Waals surface area contributed by atoms with Gasteiger partial charge in [-0.2, -0.15) is 0 Å². The molecule has 5 nitrogen and oxygen atoms in total. The van der Waals surface area contributed by atoms with Crippen molar-refractivity contribution in [1.82, 2.24) is 14.9 Å². The van der Waals surface area contributed by atoms with Gasteiger partial charge < -0.3 is 14.6 Å². The number of aromatic amines is 1. The number of carbonyl (C=O) groups excluding carboxylic acids is 1. The number of aromatic nitrogens is 2. The zero-order valence-electron chi connectivity index (χ0n) is 14.2. The number of hydrogen-bond acceptors (Lipinski definition) is 3.